The molecule has 35 heavy (non-hydrogen) atoms. The van der Waals surface area contributed by atoms with Crippen LogP contribution < -0.4 is 5.32 Å². The molecule has 194 valence electrons. The molecule has 0 radical (unpaired) electrons. The highest BCUT2D eigenvalue weighted by molar-refractivity contribution is 5.94. The summed E-state index contributed by atoms with van der Waals surface area (Å²) in [5.74, 6) is 0.367. The first kappa shape index (κ1) is 28.6. The number of methoxy groups -OCH3 is 1. The molecule has 1 unspecified atom stereocenters. The average Bonchev–Trinajstić information content (AvgIpc) is 3.23. The summed E-state index contributed by atoms with van der Waals surface area (Å²) in [7, 11) is 1.65. The van der Waals surface area contributed by atoms with Crippen LogP contribution in [0.3, 0.4) is 0 Å². The van der Waals surface area contributed by atoms with Crippen LogP contribution in [0.5, 0.6) is 0 Å². The van der Waals surface area contributed by atoms with Crippen LogP contribution in [0.15, 0.2) is 30.3 Å². The first-order chi connectivity index (χ1) is 16.6. The predicted molar refractivity (Wildman–Crippen MR) is 142 cm³/mol. The maximum atomic E-state index is 13.3. The minimum atomic E-state index is -0.227. The van der Waals surface area contributed by atoms with E-state index in [2.05, 4.69) is 33.0 Å². The van der Waals surface area contributed by atoms with Gasteiger partial charge in [-0.1, -0.05) is 65.2 Å². The molecule has 2 amide bonds. The van der Waals surface area contributed by atoms with E-state index >= 15 is 0 Å². The van der Waals surface area contributed by atoms with Crippen LogP contribution in [-0.2, 0) is 19.7 Å². The molecule has 1 aromatic carbocycles. The fourth-order valence-corrected chi connectivity index (χ4v) is 3.95. The van der Waals surface area contributed by atoms with Crippen molar-refractivity contribution < 1.29 is 14.3 Å². The number of unbranched alkanes of at least 4 members (excludes halogenated alkanes) is 1. The lowest BCUT2D eigenvalue weighted by Crippen LogP contribution is -2.42. The molecule has 1 aromatic heterocycles. The monoisotopic (exact) mass is 484 g/mol. The zero-order valence-electron chi connectivity index (χ0n) is 22.7. The highest BCUT2D eigenvalue weighted by atomic mass is 16.5. The highest BCUT2D eigenvalue weighted by Gasteiger charge is 2.26. The zero-order chi connectivity index (χ0) is 26.0. The number of hydrogen-bond acceptors (Lipinski definition) is 4. The summed E-state index contributed by atoms with van der Waals surface area (Å²) in [6.07, 6.45) is 4.37. The third kappa shape index (κ3) is 8.49. The topological polar surface area (TPSA) is 76.5 Å². The number of nitrogens with one attached hydrogen (secondary N) is 1. The number of aromatic nitrogens is 2. The quantitative estimate of drug-likeness (QED) is 0.381. The number of aryl methyl sites for hydroxylation is 1. The number of hydrogen-bond donors (Lipinski definition) is 1. The molecule has 1 atom stereocenters. The Morgan fingerprint density at radius 2 is 1.83 bits per heavy atom. The Morgan fingerprint density at radius 1 is 1.14 bits per heavy atom. The Bertz CT molecular complexity index is 944. The Morgan fingerprint density at radius 3 is 2.40 bits per heavy atom. The van der Waals surface area contributed by atoms with Gasteiger partial charge in [0, 0.05) is 37.7 Å². The van der Waals surface area contributed by atoms with Gasteiger partial charge in [-0.3, -0.25) is 9.59 Å². The summed E-state index contributed by atoms with van der Waals surface area (Å²) >= 11 is 0. The predicted octanol–water partition coefficient (Wildman–Crippen LogP) is 5.50. The summed E-state index contributed by atoms with van der Waals surface area (Å²) in [6, 6.07) is 9.95. The molecule has 0 saturated heterocycles. The van der Waals surface area contributed by atoms with Crippen molar-refractivity contribution in [3.05, 3.63) is 41.6 Å². The minimum Gasteiger partial charge on any atom is -0.385 e. The summed E-state index contributed by atoms with van der Waals surface area (Å²) in [5.41, 5.74) is 2.74. The smallest absolute Gasteiger partial charge is 0.245 e. The maximum Gasteiger partial charge on any atom is 0.245 e. The van der Waals surface area contributed by atoms with E-state index < -0.39 is 0 Å². The molecule has 0 bridgehead atoms. The Labute approximate surface area is 211 Å². The molecular weight excluding hydrogens is 440 g/mol. The Kier molecular flexibility index (Phi) is 11.0. The SMILES string of the molecule is CCCCC(CC)C(=O)N(CCCOC)CC(=O)Nc1cc(C(C)(C)C)nn1-c1ccc(C)cc1. The van der Waals surface area contributed by atoms with E-state index in [1.807, 2.05) is 44.2 Å². The van der Waals surface area contributed by atoms with E-state index in [0.29, 0.717) is 25.4 Å². The number of anilines is 1. The molecule has 0 spiro atoms. The van der Waals surface area contributed by atoms with Crippen molar-refractivity contribution in [2.75, 3.05) is 32.1 Å². The molecule has 1 N–H and O–H groups in total. The van der Waals surface area contributed by atoms with Crippen LogP contribution in [-0.4, -0.2) is 53.3 Å². The molecule has 0 aliphatic carbocycles. The second kappa shape index (κ2) is 13.4. The molecule has 7 nitrogen and oxygen atoms in total. The number of ether oxygens (including phenoxy) is 1. The molecule has 2 aromatic rings. The van der Waals surface area contributed by atoms with Crippen LogP contribution in [0.4, 0.5) is 5.82 Å². The zero-order valence-corrected chi connectivity index (χ0v) is 22.7. The molecule has 1 heterocycles. The fraction of sp³-hybridized carbons (Fsp3) is 0.607. The van der Waals surface area contributed by atoms with E-state index in [9.17, 15) is 9.59 Å². The van der Waals surface area contributed by atoms with Crippen molar-refractivity contribution in [3.63, 3.8) is 0 Å². The summed E-state index contributed by atoms with van der Waals surface area (Å²) in [5, 5.41) is 7.82. The van der Waals surface area contributed by atoms with Crippen LogP contribution in [0.1, 0.15) is 78.0 Å². The van der Waals surface area contributed by atoms with Gasteiger partial charge in [-0.2, -0.15) is 5.10 Å². The standard InChI is InChI=1S/C28H44N4O3/c1-8-10-12-22(9-2)27(34)31(17-11-18-35-7)20-26(33)29-25-19-24(28(4,5)6)30-32(25)23-15-13-21(3)14-16-23/h13-16,19,22H,8-12,17-18,20H2,1-7H3,(H,29,33). The van der Waals surface area contributed by atoms with Crippen LogP contribution in [0.25, 0.3) is 5.69 Å². The second-order valence-corrected chi connectivity index (χ2v) is 10.3. The van der Waals surface area contributed by atoms with Crippen LogP contribution in [0.2, 0.25) is 0 Å². The number of benzene rings is 1. The van der Waals surface area contributed by atoms with E-state index in [1.165, 1.54) is 0 Å². The van der Waals surface area contributed by atoms with Gasteiger partial charge < -0.3 is 15.0 Å². The molecule has 7 heteroatoms. The average molecular weight is 485 g/mol. The lowest BCUT2D eigenvalue weighted by molar-refractivity contribution is -0.139. The number of amides is 2. The Balaban J connectivity index is 2.26. The molecular formula is C28H44N4O3. The van der Waals surface area contributed by atoms with Crippen LogP contribution >= 0.6 is 0 Å². The van der Waals surface area contributed by atoms with E-state index in [-0.39, 0.29) is 29.7 Å². The van der Waals surface area contributed by atoms with Gasteiger partial charge in [-0.25, -0.2) is 4.68 Å². The number of carbonyl (C=O) groups is 2. The lowest BCUT2D eigenvalue weighted by Gasteiger charge is -2.26. The summed E-state index contributed by atoms with van der Waals surface area (Å²) in [6.45, 7) is 13.5. The highest BCUT2D eigenvalue weighted by Crippen LogP contribution is 2.26. The van der Waals surface area contributed by atoms with E-state index in [0.717, 1.165) is 42.6 Å². The number of nitrogens with zero attached hydrogens (tertiary/aromatic N) is 3. The Hall–Kier alpha value is -2.67. The largest absolute Gasteiger partial charge is 0.385 e. The van der Waals surface area contributed by atoms with E-state index in [4.69, 9.17) is 9.84 Å². The molecule has 0 fully saturated rings. The van der Waals surface area contributed by atoms with Gasteiger partial charge >= 0.3 is 0 Å². The molecule has 0 aliphatic rings. The molecule has 2 rings (SSSR count). The number of carbonyl (C=O) groups excluding carboxylic acids is 2. The second-order valence-electron chi connectivity index (χ2n) is 10.3. The van der Waals surface area contributed by atoms with Crippen molar-refractivity contribution in [1.29, 1.82) is 0 Å². The van der Waals surface area contributed by atoms with Gasteiger partial charge in [0.05, 0.1) is 17.9 Å². The van der Waals surface area contributed by atoms with Crippen molar-refractivity contribution in [1.82, 2.24) is 14.7 Å². The summed E-state index contributed by atoms with van der Waals surface area (Å²) in [4.78, 5) is 28.2. The van der Waals surface area contributed by atoms with Crippen molar-refractivity contribution in [2.24, 2.45) is 5.92 Å². The molecule has 0 saturated carbocycles. The van der Waals surface area contributed by atoms with Gasteiger partial charge in [-0.15, -0.1) is 0 Å². The third-order valence-corrected chi connectivity index (χ3v) is 6.19. The van der Waals surface area contributed by atoms with Crippen molar-refractivity contribution >= 4 is 17.6 Å². The van der Waals surface area contributed by atoms with Crippen molar-refractivity contribution in [2.45, 2.75) is 79.1 Å². The fourth-order valence-electron chi connectivity index (χ4n) is 3.95. The van der Waals surface area contributed by atoms with Gasteiger partial charge in [0.25, 0.3) is 0 Å². The van der Waals surface area contributed by atoms with Gasteiger partial charge in [-0.05, 0) is 38.3 Å². The first-order valence-corrected chi connectivity index (χ1v) is 12.9. The minimum absolute atomic E-state index is 0.00903. The first-order valence-electron chi connectivity index (χ1n) is 12.9. The van der Waals surface area contributed by atoms with Gasteiger partial charge in [0.1, 0.15) is 5.82 Å². The number of rotatable bonds is 13. The third-order valence-electron chi connectivity index (χ3n) is 6.19. The molecule has 0 aliphatic heterocycles. The van der Waals surface area contributed by atoms with Gasteiger partial charge in [0.15, 0.2) is 0 Å². The van der Waals surface area contributed by atoms with Crippen LogP contribution in [0, 0.1) is 12.8 Å². The van der Waals surface area contributed by atoms with Crippen molar-refractivity contribution in [3.8, 4) is 5.69 Å². The normalized spacial score (nSPS) is 12.4. The van der Waals surface area contributed by atoms with Gasteiger partial charge in [0.2, 0.25) is 11.8 Å². The maximum absolute atomic E-state index is 13.3. The lowest BCUT2D eigenvalue weighted by atomic mass is 9.92. The summed E-state index contributed by atoms with van der Waals surface area (Å²) < 4.78 is 6.95. The van der Waals surface area contributed by atoms with E-state index in [1.54, 1.807) is 16.7 Å².